The van der Waals surface area contributed by atoms with Gasteiger partial charge in [-0.2, -0.15) is 0 Å². The lowest BCUT2D eigenvalue weighted by molar-refractivity contribution is 0.389. The Morgan fingerprint density at radius 2 is 1.93 bits per heavy atom. The van der Waals surface area contributed by atoms with Gasteiger partial charge in [-0.1, -0.05) is 18.9 Å². The maximum atomic E-state index is 5.94. The number of hydrogen-bond acceptors (Lipinski definition) is 5. The Hall–Kier alpha value is -1.10. The average Bonchev–Trinajstić information content (AvgIpc) is 2.86. The number of anilines is 1. The molecule has 1 unspecified atom stereocenters. The van der Waals surface area contributed by atoms with Gasteiger partial charge in [-0.15, -0.1) is 5.10 Å². The summed E-state index contributed by atoms with van der Waals surface area (Å²) >= 11 is 0. The Balaban J connectivity index is 2.09. The molecule has 1 atom stereocenters. The second-order valence-corrected chi connectivity index (χ2v) is 4.39. The minimum atomic E-state index is -0.158. The molecule has 1 aromatic heterocycles. The van der Waals surface area contributed by atoms with E-state index in [9.17, 15) is 0 Å². The van der Waals surface area contributed by atoms with E-state index in [4.69, 9.17) is 10.2 Å². The van der Waals surface area contributed by atoms with Crippen molar-refractivity contribution in [2.24, 2.45) is 11.7 Å². The van der Waals surface area contributed by atoms with Crippen molar-refractivity contribution in [1.82, 2.24) is 10.2 Å². The summed E-state index contributed by atoms with van der Waals surface area (Å²) < 4.78 is 5.57. The van der Waals surface area contributed by atoms with Crippen LogP contribution >= 0.6 is 0 Å². The van der Waals surface area contributed by atoms with Crippen LogP contribution in [-0.4, -0.2) is 23.3 Å². The third kappa shape index (κ3) is 2.12. The fourth-order valence-electron chi connectivity index (χ4n) is 1.68. The number of aromatic nitrogens is 2. The lowest BCUT2D eigenvalue weighted by atomic mass is 10.1. The first kappa shape index (κ1) is 10.4. The number of hydrogen-bond donors (Lipinski definition) is 1. The third-order valence-corrected chi connectivity index (χ3v) is 2.81. The van der Waals surface area contributed by atoms with Gasteiger partial charge >= 0.3 is 6.01 Å². The van der Waals surface area contributed by atoms with Crippen molar-refractivity contribution in [3.63, 3.8) is 0 Å². The number of nitrogens with two attached hydrogens (primary N) is 1. The van der Waals surface area contributed by atoms with Crippen LogP contribution in [0, 0.1) is 5.92 Å². The monoisotopic (exact) mass is 210 g/mol. The summed E-state index contributed by atoms with van der Waals surface area (Å²) in [5.41, 5.74) is 5.94. The molecule has 1 fully saturated rings. The molecular weight excluding hydrogens is 192 g/mol. The molecule has 0 radical (unpaired) electrons. The maximum absolute atomic E-state index is 5.94. The van der Waals surface area contributed by atoms with Crippen LogP contribution in [0.1, 0.15) is 38.6 Å². The van der Waals surface area contributed by atoms with E-state index in [2.05, 4.69) is 15.1 Å². The molecule has 0 spiro atoms. The number of nitrogens with zero attached hydrogens (tertiary/aromatic N) is 3. The summed E-state index contributed by atoms with van der Waals surface area (Å²) in [7, 11) is 0. The van der Waals surface area contributed by atoms with E-state index in [1.54, 1.807) is 0 Å². The van der Waals surface area contributed by atoms with Gasteiger partial charge in [0.15, 0.2) is 0 Å². The molecule has 1 saturated heterocycles. The van der Waals surface area contributed by atoms with Crippen molar-refractivity contribution in [1.29, 1.82) is 0 Å². The summed E-state index contributed by atoms with van der Waals surface area (Å²) in [6.07, 6.45) is 2.40. The highest BCUT2D eigenvalue weighted by Crippen LogP contribution is 2.23. The standard InChI is InChI=1S/C10H18N4O/c1-7(2)8(11)9-12-13-10(15-9)14-5-3-4-6-14/h7-8H,3-6,11H2,1-2H3. The van der Waals surface area contributed by atoms with Gasteiger partial charge in [-0.25, -0.2) is 0 Å². The largest absolute Gasteiger partial charge is 0.406 e. The molecule has 84 valence electrons. The molecule has 5 heteroatoms. The Bertz CT molecular complexity index is 300. The molecule has 1 aromatic rings. The first-order valence-electron chi connectivity index (χ1n) is 5.52. The highest BCUT2D eigenvalue weighted by atomic mass is 16.4. The summed E-state index contributed by atoms with van der Waals surface area (Å²) in [6, 6.07) is 0.465. The molecule has 15 heavy (non-hydrogen) atoms. The van der Waals surface area contributed by atoms with Crippen LogP contribution in [0.5, 0.6) is 0 Å². The Kier molecular flexibility index (Phi) is 2.90. The minimum absolute atomic E-state index is 0.158. The topological polar surface area (TPSA) is 68.2 Å². The van der Waals surface area contributed by atoms with E-state index >= 15 is 0 Å². The van der Waals surface area contributed by atoms with Crippen LogP contribution in [0.4, 0.5) is 6.01 Å². The second-order valence-electron chi connectivity index (χ2n) is 4.39. The summed E-state index contributed by atoms with van der Waals surface area (Å²) in [5, 5.41) is 8.03. The van der Waals surface area contributed by atoms with Gasteiger partial charge in [0, 0.05) is 13.1 Å². The highest BCUT2D eigenvalue weighted by Gasteiger charge is 2.22. The molecule has 0 aliphatic carbocycles. The van der Waals surface area contributed by atoms with Gasteiger partial charge in [-0.3, -0.25) is 0 Å². The van der Waals surface area contributed by atoms with Gasteiger partial charge in [0.25, 0.3) is 0 Å². The SMILES string of the molecule is CC(C)C(N)c1nnc(N2CCCC2)o1. The van der Waals surface area contributed by atoms with Gasteiger partial charge in [0.2, 0.25) is 5.89 Å². The molecule has 0 amide bonds. The fourth-order valence-corrected chi connectivity index (χ4v) is 1.68. The predicted molar refractivity (Wildman–Crippen MR) is 57.5 cm³/mol. The van der Waals surface area contributed by atoms with E-state index in [0.717, 1.165) is 13.1 Å². The summed E-state index contributed by atoms with van der Waals surface area (Å²) in [6.45, 7) is 6.12. The molecule has 1 aliphatic heterocycles. The van der Waals surface area contributed by atoms with E-state index in [1.165, 1.54) is 12.8 Å². The van der Waals surface area contributed by atoms with E-state index in [0.29, 0.717) is 17.8 Å². The van der Waals surface area contributed by atoms with E-state index in [-0.39, 0.29) is 6.04 Å². The van der Waals surface area contributed by atoms with Crippen molar-refractivity contribution in [3.05, 3.63) is 5.89 Å². The Labute approximate surface area is 89.6 Å². The zero-order valence-corrected chi connectivity index (χ0v) is 9.31. The van der Waals surface area contributed by atoms with E-state index in [1.807, 2.05) is 13.8 Å². The molecule has 2 N–H and O–H groups in total. The van der Waals surface area contributed by atoms with Crippen LogP contribution in [0.15, 0.2) is 4.42 Å². The third-order valence-electron chi connectivity index (χ3n) is 2.81. The Morgan fingerprint density at radius 1 is 1.27 bits per heavy atom. The van der Waals surface area contributed by atoms with Crippen LogP contribution in [-0.2, 0) is 0 Å². The van der Waals surface area contributed by atoms with Gasteiger partial charge in [0.1, 0.15) is 0 Å². The van der Waals surface area contributed by atoms with Gasteiger partial charge in [-0.05, 0) is 18.8 Å². The molecule has 1 aliphatic rings. The molecule has 5 nitrogen and oxygen atoms in total. The molecule has 0 saturated carbocycles. The molecule has 2 rings (SSSR count). The van der Waals surface area contributed by atoms with E-state index < -0.39 is 0 Å². The highest BCUT2D eigenvalue weighted by molar-refractivity contribution is 5.25. The van der Waals surface area contributed by atoms with Crippen molar-refractivity contribution >= 4 is 6.01 Å². The van der Waals surface area contributed by atoms with Crippen molar-refractivity contribution in [2.75, 3.05) is 18.0 Å². The van der Waals surface area contributed by atoms with Crippen LogP contribution < -0.4 is 10.6 Å². The zero-order valence-electron chi connectivity index (χ0n) is 9.31. The lowest BCUT2D eigenvalue weighted by Gasteiger charge is -2.12. The van der Waals surface area contributed by atoms with Gasteiger partial charge < -0.3 is 15.1 Å². The first-order chi connectivity index (χ1) is 7.18. The summed E-state index contributed by atoms with van der Waals surface area (Å²) in [5.74, 6) is 0.865. The molecule has 0 aromatic carbocycles. The molecular formula is C10H18N4O. The normalized spacial score (nSPS) is 18.8. The quantitative estimate of drug-likeness (QED) is 0.815. The van der Waals surface area contributed by atoms with Crippen molar-refractivity contribution in [2.45, 2.75) is 32.7 Å². The van der Waals surface area contributed by atoms with Crippen LogP contribution in [0.3, 0.4) is 0 Å². The molecule has 2 heterocycles. The number of rotatable bonds is 3. The smallest absolute Gasteiger partial charge is 0.318 e. The fraction of sp³-hybridized carbons (Fsp3) is 0.800. The van der Waals surface area contributed by atoms with Gasteiger partial charge in [0.05, 0.1) is 6.04 Å². The minimum Gasteiger partial charge on any atom is -0.406 e. The van der Waals surface area contributed by atoms with Crippen molar-refractivity contribution < 1.29 is 4.42 Å². The second kappa shape index (κ2) is 4.18. The first-order valence-corrected chi connectivity index (χ1v) is 5.52. The predicted octanol–water partition coefficient (Wildman–Crippen LogP) is 1.33. The Morgan fingerprint density at radius 3 is 2.53 bits per heavy atom. The molecule has 0 bridgehead atoms. The summed E-state index contributed by atoms with van der Waals surface area (Å²) in [4.78, 5) is 2.11. The lowest BCUT2D eigenvalue weighted by Crippen LogP contribution is -2.18. The zero-order chi connectivity index (χ0) is 10.8. The van der Waals surface area contributed by atoms with Crippen molar-refractivity contribution in [3.8, 4) is 0 Å². The van der Waals surface area contributed by atoms with Crippen LogP contribution in [0.25, 0.3) is 0 Å². The van der Waals surface area contributed by atoms with Crippen LogP contribution in [0.2, 0.25) is 0 Å². The maximum Gasteiger partial charge on any atom is 0.318 e. The average molecular weight is 210 g/mol.